The molecule has 4 atom stereocenters. The number of hydrogen-bond donors (Lipinski definition) is 0. The van der Waals surface area contributed by atoms with Crippen LogP contribution >= 0.6 is 0 Å². The van der Waals surface area contributed by atoms with Gasteiger partial charge < -0.3 is 99.5 Å². The zero-order valence-corrected chi connectivity index (χ0v) is 68.0. The minimum atomic E-state index is -1.69. The number of amides is 2. The monoisotopic (exact) mass is 1750 g/mol. The van der Waals surface area contributed by atoms with Crippen LogP contribution in [0.4, 0.5) is 0 Å². The lowest BCUT2D eigenvalue weighted by Gasteiger charge is -2.29. The van der Waals surface area contributed by atoms with Crippen LogP contribution in [-0.2, 0) is 167 Å². The molecule has 0 spiro atoms. The van der Waals surface area contributed by atoms with Crippen molar-refractivity contribution in [2.45, 2.75) is 170 Å². The van der Waals surface area contributed by atoms with E-state index < -0.39 is 293 Å². The number of nitrogens with zero attached hydrogens (tertiary/aromatic N) is 1. The molecule has 0 radical (unpaired) electrons. The van der Waals surface area contributed by atoms with Gasteiger partial charge in [-0.25, -0.2) is 4.90 Å². The van der Waals surface area contributed by atoms with Crippen molar-refractivity contribution in [1.29, 1.82) is 0 Å². The number of rotatable bonds is 46. The maximum atomic E-state index is 13.4. The van der Waals surface area contributed by atoms with Gasteiger partial charge in [-0.1, -0.05) is 133 Å². The summed E-state index contributed by atoms with van der Waals surface area (Å²) in [5.74, 6) is -15.4. The predicted octanol–water partition coefficient (Wildman–Crippen LogP) is 6.68. The van der Waals surface area contributed by atoms with E-state index in [9.17, 15) is 76.7 Å². The van der Waals surface area contributed by atoms with E-state index >= 15 is 0 Å². The van der Waals surface area contributed by atoms with Gasteiger partial charge in [0.15, 0.2) is 43.9 Å². The summed E-state index contributed by atoms with van der Waals surface area (Å²) in [5.41, 5.74) is 3.37. The normalized spacial score (nSPS) is 19.7. The smallest absolute Gasteiger partial charge is 0.308 e. The van der Waals surface area contributed by atoms with Crippen LogP contribution in [0.3, 0.4) is 0 Å². The van der Waals surface area contributed by atoms with Gasteiger partial charge in [-0.05, 0) is 30.5 Å². The van der Waals surface area contributed by atoms with E-state index in [1.165, 1.54) is 24.3 Å². The molecule has 670 valence electrons. The van der Waals surface area contributed by atoms with Crippen molar-refractivity contribution in [2.24, 2.45) is 0 Å². The van der Waals surface area contributed by atoms with E-state index in [1.54, 1.807) is 72.8 Å². The van der Waals surface area contributed by atoms with Crippen LogP contribution in [0.5, 0.6) is 0 Å². The van der Waals surface area contributed by atoms with Crippen LogP contribution in [0.2, 0.25) is 0 Å². The molecule has 0 saturated carbocycles. The molecule has 0 aliphatic carbocycles. The Kier molecular flexibility index (Phi) is 38.2. The second-order valence-corrected chi connectivity index (χ2v) is 28.6. The van der Waals surface area contributed by atoms with Crippen LogP contribution < -0.4 is 0 Å². The zero-order valence-electron chi connectivity index (χ0n) is 68.0. The number of hydrogen-bond acceptors (Lipinski definition) is 37. The average molecular weight is 1750 g/mol. The fraction of sp³-hybridized carbons (Fsp3) is 0.471. The van der Waals surface area contributed by atoms with Crippen molar-refractivity contribution in [3.63, 3.8) is 0 Å². The maximum Gasteiger partial charge on any atom is 0.308 e. The third-order valence-electron chi connectivity index (χ3n) is 18.9. The third kappa shape index (κ3) is 33.3. The topological polar surface area (TPSA) is 470 Å². The minimum Gasteiger partial charge on any atom is -0.462 e. The lowest BCUT2D eigenvalue weighted by molar-refractivity contribution is -0.229. The molecule has 4 fully saturated rings. The Morgan fingerprint density at radius 1 is 0.264 bits per heavy atom. The first kappa shape index (κ1) is 94.8. The van der Waals surface area contributed by atoms with Crippen LogP contribution in [0.1, 0.15) is 171 Å². The van der Waals surface area contributed by atoms with Gasteiger partial charge in [0.25, 0.3) is 11.8 Å². The van der Waals surface area contributed by atoms with Gasteiger partial charge in [0.1, 0.15) is 64.1 Å². The lowest BCUT2D eigenvalue weighted by atomic mass is 10.0. The molecular formula is C87H95NO37. The molecule has 38 heteroatoms. The average Bonchev–Trinajstić information content (AvgIpc) is 1.62. The van der Waals surface area contributed by atoms with Crippen molar-refractivity contribution >= 4 is 95.4 Å². The molecular weight excluding hydrogens is 1650 g/mol. The number of benzene rings is 5. The summed E-state index contributed by atoms with van der Waals surface area (Å²) in [4.78, 5) is 209. The molecule has 10 rings (SSSR count). The molecule has 0 aromatic heterocycles. The van der Waals surface area contributed by atoms with Crippen LogP contribution in [0.15, 0.2) is 146 Å². The first-order valence-electron chi connectivity index (χ1n) is 40.4. The summed E-state index contributed by atoms with van der Waals surface area (Å²) >= 11 is 0. The highest BCUT2D eigenvalue weighted by Crippen LogP contribution is 2.31. The molecule has 5 heterocycles. The molecule has 0 bridgehead atoms. The van der Waals surface area contributed by atoms with Gasteiger partial charge in [-0.2, -0.15) is 0 Å². The minimum absolute atomic E-state index is 0.00230. The Morgan fingerprint density at radius 3 is 0.768 bits per heavy atom. The Morgan fingerprint density at radius 2 is 0.496 bits per heavy atom. The SMILES string of the molecule is O=C(CCC(=O)OC(COC(=O)CCC(=O)OC1COC(c2ccccc2)OC1)COC(=O)CCC(=O)OC1COC(c2ccccc2)OC1)OCC(COC(=O)CCC(=O)OC(COC(=O)CCC(=O)OC1COC(c2ccccc2)OC1)COC(=O)CCC(=O)O[C@H]1CC[C@@H](c2ccccc2)OC1)OC(=O)CCC(=O)OCN1C(=O)c2ccccc2C1=O. The predicted molar refractivity (Wildman–Crippen MR) is 415 cm³/mol. The highest BCUT2D eigenvalue weighted by molar-refractivity contribution is 6.21. The van der Waals surface area contributed by atoms with Crippen molar-refractivity contribution in [3.8, 4) is 0 Å². The standard InChI is InChI=1S/C87H95NO37/c89-69(27-34-76(96)119-59-25-26-68(105-41-59)55-15-5-1-6-16-55)106-42-60(43-107-72(92)30-37-79(99)123-63-48-112-85(113-49-63)56-17-7-2-8-18-56)120-77(97)35-28-70(90)110-46-62(122-82(102)40-33-75(95)118-54-88-83(103)66-23-13-14-24-67(66)84(88)104)47-111-71(91)29-36-78(98)121-61(44-108-73(93)31-38-80(100)124-64-50-114-86(115-51-64)57-19-9-3-10-20-57)45-109-74(94)32-39-81(101)125-65-52-116-87(117-53-65)58-21-11-4-12-22-58/h1-24,59-65,68,85-87H,25-54H2/t59-,60?,61?,62?,63?,64?,65?,68-,85?,86?,87?/m0/s1. The highest BCUT2D eigenvalue weighted by atomic mass is 16.7. The molecule has 5 aliphatic rings. The molecule has 5 aromatic carbocycles. The van der Waals surface area contributed by atoms with Crippen LogP contribution in [-0.4, -0.2) is 236 Å². The molecule has 2 unspecified atom stereocenters. The molecule has 4 saturated heterocycles. The Bertz CT molecular complexity index is 3990. The molecule has 2 amide bonds. The van der Waals surface area contributed by atoms with E-state index in [0.717, 1.165) is 22.3 Å². The first-order valence-corrected chi connectivity index (χ1v) is 40.4. The summed E-state index contributed by atoms with van der Waals surface area (Å²) < 4.78 is 115. The van der Waals surface area contributed by atoms with Gasteiger partial charge in [-0.3, -0.25) is 76.7 Å². The van der Waals surface area contributed by atoms with Gasteiger partial charge >= 0.3 is 83.6 Å². The molecule has 0 N–H and O–H groups in total. The van der Waals surface area contributed by atoms with Crippen molar-refractivity contribution in [1.82, 2.24) is 4.90 Å². The quantitative estimate of drug-likeness (QED) is 0.0223. The van der Waals surface area contributed by atoms with Gasteiger partial charge in [-0.15, -0.1) is 0 Å². The third-order valence-corrected chi connectivity index (χ3v) is 18.9. The van der Waals surface area contributed by atoms with E-state index in [1.807, 2.05) is 48.5 Å². The molecule has 125 heavy (non-hydrogen) atoms. The number of esters is 14. The lowest BCUT2D eigenvalue weighted by Crippen LogP contribution is -2.35. The summed E-state index contributed by atoms with van der Waals surface area (Å²) in [6.07, 6.45) is -17.4. The first-order chi connectivity index (χ1) is 60.5. The number of ether oxygens (including phenoxy) is 21. The molecule has 38 nitrogen and oxygen atoms in total. The summed E-state index contributed by atoms with van der Waals surface area (Å²) in [6.45, 7) is -5.59. The Labute approximate surface area is 715 Å². The summed E-state index contributed by atoms with van der Waals surface area (Å²) in [5, 5.41) is 0. The number of imide groups is 1. The number of carbonyl (C=O) groups excluding carboxylic acids is 16. The summed E-state index contributed by atoms with van der Waals surface area (Å²) in [6, 6.07) is 42.5. The van der Waals surface area contributed by atoms with Gasteiger partial charge in [0.05, 0.1) is 153 Å². The van der Waals surface area contributed by atoms with Gasteiger partial charge in [0, 0.05) is 16.7 Å². The molecule has 5 aliphatic heterocycles. The summed E-state index contributed by atoms with van der Waals surface area (Å²) in [7, 11) is 0. The second kappa shape index (κ2) is 50.3. The van der Waals surface area contributed by atoms with Crippen molar-refractivity contribution < 1.29 is 176 Å². The molecule has 5 aromatic rings. The van der Waals surface area contributed by atoms with Crippen molar-refractivity contribution in [3.05, 3.63) is 179 Å². The number of fused-ring (bicyclic) bond motifs is 1. The Hall–Kier alpha value is -12.5. The zero-order chi connectivity index (χ0) is 88.7. The van der Waals surface area contributed by atoms with E-state index in [0.29, 0.717) is 17.7 Å². The fourth-order valence-corrected chi connectivity index (χ4v) is 12.4. The Balaban J connectivity index is 0.702. The van der Waals surface area contributed by atoms with E-state index in [2.05, 4.69) is 0 Å². The fourth-order valence-electron chi connectivity index (χ4n) is 12.4. The number of carbonyl (C=O) groups is 16. The van der Waals surface area contributed by atoms with Crippen molar-refractivity contribution in [2.75, 3.05) is 92.6 Å². The van der Waals surface area contributed by atoms with E-state index in [4.69, 9.17) is 99.5 Å². The van der Waals surface area contributed by atoms with Crippen LogP contribution in [0, 0.1) is 0 Å². The van der Waals surface area contributed by atoms with Gasteiger partial charge in [0.2, 0.25) is 0 Å². The largest absolute Gasteiger partial charge is 0.462 e. The highest BCUT2D eigenvalue weighted by Gasteiger charge is 2.38. The maximum absolute atomic E-state index is 13.4. The second-order valence-electron chi connectivity index (χ2n) is 28.6. The van der Waals surface area contributed by atoms with Crippen LogP contribution in [0.25, 0.3) is 0 Å². The van der Waals surface area contributed by atoms with E-state index in [-0.39, 0.29) is 63.5 Å².